The van der Waals surface area contributed by atoms with Gasteiger partial charge in [-0.15, -0.1) is 0 Å². The summed E-state index contributed by atoms with van der Waals surface area (Å²) in [5.74, 6) is 0.979. The van der Waals surface area contributed by atoms with Crippen LogP contribution in [0.5, 0.6) is 5.75 Å². The number of H-pyrrole nitrogens is 2. The Labute approximate surface area is 147 Å². The standard InChI is InChI=1S/C15H18N6O3S/c1-2-24-9-6-4-3-5-8(9)17-10(22)7-25-15-18-11-12(20-15)19-14(16)21-13(11)23/h3-6,10,17,22H,2,7H2,1H3,(H4,16,18,19,20,21,23). The van der Waals surface area contributed by atoms with E-state index in [9.17, 15) is 9.90 Å². The van der Waals surface area contributed by atoms with Crippen molar-refractivity contribution in [1.82, 2.24) is 19.9 Å². The normalized spacial score (nSPS) is 12.2. The molecule has 2 aromatic heterocycles. The Morgan fingerprint density at radius 1 is 1.36 bits per heavy atom. The Morgan fingerprint density at radius 2 is 2.16 bits per heavy atom. The second-order valence-corrected chi connectivity index (χ2v) is 6.10. The van der Waals surface area contributed by atoms with Crippen molar-refractivity contribution in [2.45, 2.75) is 18.3 Å². The van der Waals surface area contributed by atoms with Crippen LogP contribution in [-0.2, 0) is 0 Å². The zero-order valence-corrected chi connectivity index (χ0v) is 14.3. The van der Waals surface area contributed by atoms with E-state index in [1.807, 2.05) is 31.2 Å². The molecule has 0 amide bonds. The molecule has 1 atom stereocenters. The molecule has 0 saturated carbocycles. The number of ether oxygens (including phenoxy) is 1. The minimum atomic E-state index is -0.837. The Morgan fingerprint density at radius 3 is 2.96 bits per heavy atom. The van der Waals surface area contributed by atoms with E-state index < -0.39 is 6.23 Å². The van der Waals surface area contributed by atoms with E-state index in [1.54, 1.807) is 0 Å². The third kappa shape index (κ3) is 4.03. The third-order valence-corrected chi connectivity index (χ3v) is 4.19. The molecule has 1 aromatic carbocycles. The second kappa shape index (κ2) is 7.45. The highest BCUT2D eigenvalue weighted by Gasteiger charge is 2.12. The van der Waals surface area contributed by atoms with Gasteiger partial charge in [0.05, 0.1) is 12.3 Å². The first-order valence-electron chi connectivity index (χ1n) is 7.61. The highest BCUT2D eigenvalue weighted by molar-refractivity contribution is 7.99. The van der Waals surface area contributed by atoms with Gasteiger partial charge in [-0.1, -0.05) is 23.9 Å². The van der Waals surface area contributed by atoms with Crippen LogP contribution >= 0.6 is 11.8 Å². The van der Waals surface area contributed by atoms with Gasteiger partial charge in [0.1, 0.15) is 12.0 Å². The van der Waals surface area contributed by atoms with Crippen molar-refractivity contribution in [2.75, 3.05) is 23.4 Å². The maximum atomic E-state index is 11.8. The molecule has 9 nitrogen and oxygen atoms in total. The molecule has 0 radical (unpaired) electrons. The molecule has 1 unspecified atom stereocenters. The Balaban J connectivity index is 1.66. The van der Waals surface area contributed by atoms with Gasteiger partial charge in [-0.2, -0.15) is 4.98 Å². The van der Waals surface area contributed by atoms with Gasteiger partial charge in [0.25, 0.3) is 5.56 Å². The molecule has 25 heavy (non-hydrogen) atoms. The Bertz CT molecular complexity index is 925. The highest BCUT2D eigenvalue weighted by atomic mass is 32.2. The average molecular weight is 362 g/mol. The topological polar surface area (TPSA) is 142 Å². The number of nitrogens with one attached hydrogen (secondary N) is 3. The number of aliphatic hydroxyl groups excluding tert-OH is 1. The van der Waals surface area contributed by atoms with Gasteiger partial charge in [-0.25, -0.2) is 4.98 Å². The molecular weight excluding hydrogens is 344 g/mol. The van der Waals surface area contributed by atoms with E-state index in [4.69, 9.17) is 10.5 Å². The number of aromatic amines is 2. The van der Waals surface area contributed by atoms with Gasteiger partial charge < -0.3 is 25.9 Å². The predicted octanol–water partition coefficient (Wildman–Crippen LogP) is 1.15. The van der Waals surface area contributed by atoms with Crippen LogP contribution in [0.15, 0.2) is 34.2 Å². The largest absolute Gasteiger partial charge is 0.492 e. The number of imidazole rings is 1. The lowest BCUT2D eigenvalue weighted by atomic mass is 10.3. The molecule has 6 N–H and O–H groups in total. The number of nitrogens with zero attached hydrogens (tertiary/aromatic N) is 2. The van der Waals surface area contributed by atoms with Gasteiger partial charge in [-0.3, -0.25) is 9.78 Å². The molecule has 0 spiro atoms. The number of para-hydroxylation sites is 2. The first-order valence-corrected chi connectivity index (χ1v) is 8.60. The first-order chi connectivity index (χ1) is 12.1. The lowest BCUT2D eigenvalue weighted by Gasteiger charge is -2.16. The van der Waals surface area contributed by atoms with Crippen LogP contribution < -0.4 is 21.3 Å². The minimum Gasteiger partial charge on any atom is -0.492 e. The predicted molar refractivity (Wildman–Crippen MR) is 96.9 cm³/mol. The van der Waals surface area contributed by atoms with E-state index in [-0.39, 0.29) is 22.7 Å². The van der Waals surface area contributed by atoms with Crippen molar-refractivity contribution >= 4 is 34.6 Å². The number of nitrogen functional groups attached to an aromatic ring is 1. The summed E-state index contributed by atoms with van der Waals surface area (Å²) in [6, 6.07) is 7.37. The molecule has 132 valence electrons. The van der Waals surface area contributed by atoms with Crippen molar-refractivity contribution < 1.29 is 9.84 Å². The molecule has 3 rings (SSSR count). The lowest BCUT2D eigenvalue weighted by molar-refractivity contribution is 0.228. The molecule has 0 saturated heterocycles. The van der Waals surface area contributed by atoms with Crippen LogP contribution in [0.25, 0.3) is 11.2 Å². The maximum absolute atomic E-state index is 11.8. The molecule has 0 aliphatic rings. The van der Waals surface area contributed by atoms with Crippen LogP contribution in [0.3, 0.4) is 0 Å². The highest BCUT2D eigenvalue weighted by Crippen LogP contribution is 2.25. The molecule has 0 aliphatic heterocycles. The quantitative estimate of drug-likeness (QED) is 0.311. The van der Waals surface area contributed by atoms with Crippen LogP contribution in [-0.4, -0.2) is 43.6 Å². The fraction of sp³-hybridized carbons (Fsp3) is 0.267. The fourth-order valence-electron chi connectivity index (χ4n) is 2.22. The summed E-state index contributed by atoms with van der Waals surface area (Å²) in [6.07, 6.45) is -0.837. The first kappa shape index (κ1) is 17.1. The van der Waals surface area contributed by atoms with Crippen LogP contribution in [0.1, 0.15) is 6.92 Å². The Kier molecular flexibility index (Phi) is 5.10. The number of aromatic nitrogens is 4. The second-order valence-electron chi connectivity index (χ2n) is 5.09. The van der Waals surface area contributed by atoms with E-state index in [2.05, 4.69) is 25.3 Å². The molecular formula is C15H18N6O3S. The van der Waals surface area contributed by atoms with Crippen LogP contribution in [0.2, 0.25) is 0 Å². The molecule has 10 heteroatoms. The number of aliphatic hydroxyl groups is 1. The van der Waals surface area contributed by atoms with Gasteiger partial charge in [0.15, 0.2) is 16.3 Å². The number of thioether (sulfide) groups is 1. The van der Waals surface area contributed by atoms with Crippen molar-refractivity contribution in [2.24, 2.45) is 0 Å². The molecule has 2 heterocycles. The summed E-state index contributed by atoms with van der Waals surface area (Å²) < 4.78 is 5.51. The minimum absolute atomic E-state index is 0.00906. The van der Waals surface area contributed by atoms with E-state index in [0.29, 0.717) is 29.0 Å². The molecule has 0 bridgehead atoms. The number of rotatable bonds is 7. The maximum Gasteiger partial charge on any atom is 0.278 e. The number of fused-ring (bicyclic) bond motifs is 1. The van der Waals surface area contributed by atoms with Gasteiger partial charge in [-0.05, 0) is 19.1 Å². The van der Waals surface area contributed by atoms with Gasteiger partial charge in [0.2, 0.25) is 5.95 Å². The summed E-state index contributed by atoms with van der Waals surface area (Å²) in [6.45, 7) is 2.43. The van der Waals surface area contributed by atoms with Crippen molar-refractivity contribution in [3.05, 3.63) is 34.6 Å². The summed E-state index contributed by atoms with van der Waals surface area (Å²) in [7, 11) is 0. The van der Waals surface area contributed by atoms with Crippen LogP contribution in [0, 0.1) is 0 Å². The molecule has 0 fully saturated rings. The fourth-order valence-corrected chi connectivity index (χ4v) is 2.94. The van der Waals surface area contributed by atoms with E-state index in [1.165, 1.54) is 11.8 Å². The monoisotopic (exact) mass is 362 g/mol. The van der Waals surface area contributed by atoms with E-state index in [0.717, 1.165) is 0 Å². The summed E-state index contributed by atoms with van der Waals surface area (Å²) in [5, 5.41) is 13.7. The lowest BCUT2D eigenvalue weighted by Crippen LogP contribution is -2.21. The summed E-state index contributed by atoms with van der Waals surface area (Å²) in [4.78, 5) is 25.2. The average Bonchev–Trinajstić information content (AvgIpc) is 2.98. The smallest absolute Gasteiger partial charge is 0.278 e. The number of nitrogens with two attached hydrogens (primary N) is 1. The number of anilines is 2. The zero-order chi connectivity index (χ0) is 17.8. The third-order valence-electron chi connectivity index (χ3n) is 3.24. The number of hydrogen-bond donors (Lipinski definition) is 5. The van der Waals surface area contributed by atoms with Crippen LogP contribution in [0.4, 0.5) is 11.6 Å². The molecule has 0 aliphatic carbocycles. The number of benzene rings is 1. The van der Waals surface area contributed by atoms with Crippen molar-refractivity contribution in [3.63, 3.8) is 0 Å². The molecule has 3 aromatic rings. The number of hydrogen-bond acceptors (Lipinski definition) is 8. The van der Waals surface area contributed by atoms with Gasteiger partial charge >= 0.3 is 0 Å². The zero-order valence-electron chi connectivity index (χ0n) is 13.4. The van der Waals surface area contributed by atoms with Crippen molar-refractivity contribution in [3.8, 4) is 5.75 Å². The van der Waals surface area contributed by atoms with E-state index >= 15 is 0 Å². The van der Waals surface area contributed by atoms with Crippen molar-refractivity contribution in [1.29, 1.82) is 0 Å². The SMILES string of the molecule is CCOc1ccccc1NC(O)CSc1nc2nc(N)[nH]c(=O)c2[nH]1. The summed E-state index contributed by atoms with van der Waals surface area (Å²) >= 11 is 1.25. The Hall–Kier alpha value is -2.72. The summed E-state index contributed by atoms with van der Waals surface area (Å²) in [5.41, 5.74) is 6.30. The van der Waals surface area contributed by atoms with Gasteiger partial charge in [0, 0.05) is 5.75 Å².